The van der Waals surface area contributed by atoms with Gasteiger partial charge >= 0.3 is 5.97 Å². The Morgan fingerprint density at radius 3 is 2.35 bits per heavy atom. The number of nitro benzene ring substituents is 1. The van der Waals surface area contributed by atoms with Crippen molar-refractivity contribution in [1.82, 2.24) is 0 Å². The van der Waals surface area contributed by atoms with E-state index in [1.165, 1.54) is 24.3 Å². The summed E-state index contributed by atoms with van der Waals surface area (Å²) in [5.41, 5.74) is 0.430. The number of amides is 2. The van der Waals surface area contributed by atoms with Crippen LogP contribution in [0.1, 0.15) is 45.5 Å². The lowest BCUT2D eigenvalue weighted by molar-refractivity contribution is -0.385. The Labute approximate surface area is 194 Å². The first-order valence-electron chi connectivity index (χ1n) is 11.2. The average molecular weight is 462 g/mol. The van der Waals surface area contributed by atoms with Crippen LogP contribution in [0.3, 0.4) is 0 Å². The zero-order valence-electron chi connectivity index (χ0n) is 18.4. The number of Topliss-reactive ketones (excluding diaryl/α,β-unsaturated/α-hetero) is 1. The van der Waals surface area contributed by atoms with Crippen LogP contribution in [-0.2, 0) is 14.3 Å². The van der Waals surface area contributed by atoms with Crippen LogP contribution in [0.2, 0.25) is 0 Å². The zero-order chi connectivity index (χ0) is 24.1. The molecule has 0 N–H and O–H groups in total. The van der Waals surface area contributed by atoms with Gasteiger partial charge in [-0.05, 0) is 50.2 Å². The van der Waals surface area contributed by atoms with E-state index in [1.807, 2.05) is 0 Å². The predicted octanol–water partition coefficient (Wildman–Crippen LogP) is 3.48. The highest BCUT2D eigenvalue weighted by atomic mass is 16.6. The third-order valence-corrected chi connectivity index (χ3v) is 7.35. The monoisotopic (exact) mass is 462 g/mol. The van der Waals surface area contributed by atoms with Crippen molar-refractivity contribution in [1.29, 1.82) is 0 Å². The molecule has 1 heterocycles. The molecule has 0 unspecified atom stereocenters. The van der Waals surface area contributed by atoms with Gasteiger partial charge in [0.25, 0.3) is 5.69 Å². The summed E-state index contributed by atoms with van der Waals surface area (Å²) in [6.45, 7) is 0.925. The van der Waals surface area contributed by atoms with Crippen molar-refractivity contribution < 1.29 is 28.8 Å². The molecule has 2 bridgehead atoms. The van der Waals surface area contributed by atoms with E-state index in [2.05, 4.69) is 0 Å². The molecule has 174 valence electrons. The lowest BCUT2D eigenvalue weighted by Crippen LogP contribution is -2.34. The fourth-order valence-electron chi connectivity index (χ4n) is 5.76. The van der Waals surface area contributed by atoms with E-state index in [4.69, 9.17) is 4.74 Å². The molecule has 5 rings (SSSR count). The van der Waals surface area contributed by atoms with Gasteiger partial charge in [0, 0.05) is 17.2 Å². The molecule has 3 aliphatic rings. The number of rotatable bonds is 6. The topological polar surface area (TPSA) is 124 Å². The van der Waals surface area contributed by atoms with E-state index in [0.29, 0.717) is 5.56 Å². The zero-order valence-corrected chi connectivity index (χ0v) is 18.4. The van der Waals surface area contributed by atoms with Crippen LogP contribution in [0, 0.1) is 40.7 Å². The molecule has 0 aromatic heterocycles. The number of anilines is 1. The number of benzene rings is 2. The Bertz CT molecular complexity index is 1230. The fraction of sp³-hybridized carbons (Fsp3) is 0.360. The normalized spacial score (nSPS) is 24.9. The first-order chi connectivity index (χ1) is 16.3. The molecular weight excluding hydrogens is 440 g/mol. The molecule has 3 fully saturated rings. The maximum Gasteiger partial charge on any atom is 0.340 e. The van der Waals surface area contributed by atoms with Gasteiger partial charge in [0.1, 0.15) is 0 Å². The summed E-state index contributed by atoms with van der Waals surface area (Å²) in [4.78, 5) is 63.4. The van der Waals surface area contributed by atoms with Gasteiger partial charge in [-0.3, -0.25) is 24.5 Å². The van der Waals surface area contributed by atoms with E-state index in [9.17, 15) is 29.3 Å². The summed E-state index contributed by atoms with van der Waals surface area (Å²) in [7, 11) is 0. The van der Waals surface area contributed by atoms with Crippen LogP contribution in [0.5, 0.6) is 0 Å². The minimum Gasteiger partial charge on any atom is -0.454 e. The smallest absolute Gasteiger partial charge is 0.340 e. The van der Waals surface area contributed by atoms with Gasteiger partial charge in [0.05, 0.1) is 28.0 Å². The fourth-order valence-corrected chi connectivity index (χ4v) is 5.76. The van der Waals surface area contributed by atoms with Crippen molar-refractivity contribution in [3.05, 3.63) is 69.3 Å². The standard InChI is InChI=1S/C25H22N2O7/c1-13-6-7-14(11-19(13)27(32)33)20(28)12-34-25(31)17-4-2-3-5-18(17)26-23(29)21-15-8-9-16(10-15)22(21)24(26)30/h2-7,11,15-16,21-22H,8-10,12H2,1H3/t15-,16-,21+,22+/m0/s1. The van der Waals surface area contributed by atoms with Crippen LogP contribution >= 0.6 is 0 Å². The lowest BCUT2D eigenvalue weighted by Gasteiger charge is -2.19. The van der Waals surface area contributed by atoms with E-state index >= 15 is 0 Å². The predicted molar refractivity (Wildman–Crippen MR) is 119 cm³/mol. The summed E-state index contributed by atoms with van der Waals surface area (Å²) in [5, 5.41) is 11.1. The van der Waals surface area contributed by atoms with Crippen molar-refractivity contribution >= 4 is 34.9 Å². The second-order valence-electron chi connectivity index (χ2n) is 9.17. The maximum absolute atomic E-state index is 13.2. The third kappa shape index (κ3) is 3.39. The van der Waals surface area contributed by atoms with Gasteiger partial charge in [-0.25, -0.2) is 9.69 Å². The number of aryl methyl sites for hydroxylation is 1. The molecule has 1 aliphatic heterocycles. The SMILES string of the molecule is Cc1ccc(C(=O)COC(=O)c2ccccc2N2C(=O)[C@@H]3[C@H]4CC[C@@H](C4)[C@H]3C2=O)cc1[N+](=O)[O-]. The number of ketones is 1. The molecular formula is C25H22N2O7. The third-order valence-electron chi connectivity index (χ3n) is 7.35. The van der Waals surface area contributed by atoms with Crippen LogP contribution in [0.4, 0.5) is 11.4 Å². The number of carbonyl (C=O) groups is 4. The largest absolute Gasteiger partial charge is 0.454 e. The molecule has 2 aromatic carbocycles. The number of hydrogen-bond donors (Lipinski definition) is 0. The van der Waals surface area contributed by atoms with Crippen molar-refractivity contribution in [2.75, 3.05) is 11.5 Å². The van der Waals surface area contributed by atoms with E-state index in [-0.39, 0.29) is 58.0 Å². The van der Waals surface area contributed by atoms with Crippen LogP contribution in [-0.4, -0.2) is 35.1 Å². The minimum atomic E-state index is -0.855. The van der Waals surface area contributed by atoms with E-state index < -0.39 is 23.3 Å². The van der Waals surface area contributed by atoms with Crippen LogP contribution in [0.25, 0.3) is 0 Å². The highest BCUT2D eigenvalue weighted by molar-refractivity contribution is 6.24. The highest BCUT2D eigenvalue weighted by Gasteiger charge is 2.61. The molecule has 4 atom stereocenters. The van der Waals surface area contributed by atoms with Gasteiger partial charge in [0.2, 0.25) is 17.6 Å². The number of para-hydroxylation sites is 1. The molecule has 34 heavy (non-hydrogen) atoms. The molecule has 2 saturated carbocycles. The second kappa shape index (κ2) is 8.16. The van der Waals surface area contributed by atoms with Crippen LogP contribution < -0.4 is 4.90 Å². The van der Waals surface area contributed by atoms with E-state index in [1.54, 1.807) is 19.1 Å². The number of carbonyl (C=O) groups excluding carboxylic acids is 4. The Morgan fingerprint density at radius 1 is 1.06 bits per heavy atom. The van der Waals surface area contributed by atoms with Gasteiger partial charge in [-0.1, -0.05) is 24.3 Å². The number of nitrogens with zero attached hydrogens (tertiary/aromatic N) is 2. The number of imide groups is 1. The Kier molecular flexibility index (Phi) is 5.27. The quantitative estimate of drug-likeness (QED) is 0.212. The molecule has 2 aliphatic carbocycles. The van der Waals surface area contributed by atoms with Gasteiger partial charge in [-0.15, -0.1) is 0 Å². The van der Waals surface area contributed by atoms with Crippen LogP contribution in [0.15, 0.2) is 42.5 Å². The molecule has 9 nitrogen and oxygen atoms in total. The van der Waals surface area contributed by atoms with Crippen molar-refractivity contribution in [2.45, 2.75) is 26.2 Å². The molecule has 0 radical (unpaired) electrons. The number of hydrogen-bond acceptors (Lipinski definition) is 7. The van der Waals surface area contributed by atoms with Gasteiger partial charge < -0.3 is 4.74 Å². The Morgan fingerprint density at radius 2 is 1.71 bits per heavy atom. The molecule has 1 saturated heterocycles. The number of fused-ring (bicyclic) bond motifs is 5. The minimum absolute atomic E-state index is 0.0132. The van der Waals surface area contributed by atoms with E-state index in [0.717, 1.165) is 30.2 Å². The van der Waals surface area contributed by atoms with Crippen molar-refractivity contribution in [3.63, 3.8) is 0 Å². The molecule has 9 heteroatoms. The summed E-state index contributed by atoms with van der Waals surface area (Å²) in [6.07, 6.45) is 2.80. The highest BCUT2D eigenvalue weighted by Crippen LogP contribution is 2.56. The van der Waals surface area contributed by atoms with Crippen molar-refractivity contribution in [2.24, 2.45) is 23.7 Å². The molecule has 2 aromatic rings. The number of ether oxygens (including phenoxy) is 1. The van der Waals surface area contributed by atoms with Gasteiger partial charge in [0.15, 0.2) is 6.61 Å². The number of nitro groups is 1. The summed E-state index contributed by atoms with van der Waals surface area (Å²) < 4.78 is 5.19. The second-order valence-corrected chi connectivity index (χ2v) is 9.17. The Balaban J connectivity index is 1.34. The van der Waals surface area contributed by atoms with Crippen molar-refractivity contribution in [3.8, 4) is 0 Å². The number of esters is 1. The summed E-state index contributed by atoms with van der Waals surface area (Å²) >= 11 is 0. The molecule has 0 spiro atoms. The summed E-state index contributed by atoms with van der Waals surface area (Å²) in [5.74, 6) is -2.22. The first kappa shape index (κ1) is 21.9. The average Bonchev–Trinajstić information content (AvgIpc) is 3.51. The lowest BCUT2D eigenvalue weighted by atomic mass is 9.81. The maximum atomic E-state index is 13.2. The summed E-state index contributed by atoms with van der Waals surface area (Å²) in [6, 6.07) is 10.2. The molecule has 2 amide bonds. The first-order valence-corrected chi connectivity index (χ1v) is 11.2. The van der Waals surface area contributed by atoms with Gasteiger partial charge in [-0.2, -0.15) is 0 Å². The Hall–Kier alpha value is -3.88.